The van der Waals surface area contributed by atoms with Crippen LogP contribution >= 0.6 is 0 Å². The highest BCUT2D eigenvalue weighted by atomic mass is 19.1. The molecule has 1 aromatic heterocycles. The second kappa shape index (κ2) is 13.5. The zero-order valence-corrected chi connectivity index (χ0v) is 24.7. The van der Waals surface area contributed by atoms with Crippen LogP contribution in [0.2, 0.25) is 0 Å². The van der Waals surface area contributed by atoms with Crippen LogP contribution in [0.5, 0.6) is 0 Å². The summed E-state index contributed by atoms with van der Waals surface area (Å²) in [5, 5.41) is 9.33. The van der Waals surface area contributed by atoms with Crippen LogP contribution in [0, 0.1) is 5.82 Å². The molecule has 2 aromatic carbocycles. The number of aromatic amines is 1. The Morgan fingerprint density at radius 1 is 0.878 bits per heavy atom. The highest BCUT2D eigenvalue weighted by Crippen LogP contribution is 2.27. The minimum absolute atomic E-state index is 0.131. The number of amides is 3. The number of H-pyrrole nitrogens is 1. The Morgan fingerprint density at radius 2 is 1.51 bits per heavy atom. The second-order valence-corrected chi connectivity index (χ2v) is 12.0. The number of benzene rings is 2. The van der Waals surface area contributed by atoms with E-state index in [1.54, 1.807) is 59.9 Å². The average Bonchev–Trinajstić information content (AvgIpc) is 3.25. The van der Waals surface area contributed by atoms with Crippen LogP contribution in [0.15, 0.2) is 48.7 Å². The largest absolute Gasteiger partial charge is 0.444 e. The Bertz CT molecular complexity index is 1340. The normalized spacial score (nSPS) is 12.5. The number of hydrogen-bond acceptors (Lipinski definition) is 5. The monoisotopic (exact) mass is 568 g/mol. The third-order valence-electron chi connectivity index (χ3n) is 5.96. The number of carbonyl (C=O) groups excluding carboxylic acids is 3. The van der Waals surface area contributed by atoms with Crippen molar-refractivity contribution in [2.24, 2.45) is 0 Å². The van der Waals surface area contributed by atoms with Gasteiger partial charge in [-0.3, -0.25) is 4.79 Å². The van der Waals surface area contributed by atoms with Gasteiger partial charge in [0.1, 0.15) is 17.0 Å². The number of aromatic nitrogens is 1. The molecule has 3 rings (SSSR count). The number of halogens is 1. The van der Waals surface area contributed by atoms with E-state index in [0.29, 0.717) is 19.4 Å². The first-order valence-electron chi connectivity index (χ1n) is 13.8. The van der Waals surface area contributed by atoms with E-state index in [1.807, 2.05) is 18.2 Å². The molecule has 41 heavy (non-hydrogen) atoms. The van der Waals surface area contributed by atoms with Crippen LogP contribution < -0.4 is 16.0 Å². The molecule has 0 aliphatic carbocycles. The van der Waals surface area contributed by atoms with Crippen molar-refractivity contribution in [3.05, 3.63) is 60.0 Å². The number of hydrogen-bond donors (Lipinski definition) is 4. The highest BCUT2D eigenvalue weighted by molar-refractivity contribution is 5.91. The SMILES string of the molecule is CC(C)(C)OC(=O)NCCC[C@@H](CNC(=O)Cc1c[nH]c2ccc(-c3ccc(F)cc3)cc12)NC(=O)OC(C)(C)C. The molecule has 3 amide bonds. The van der Waals surface area contributed by atoms with Gasteiger partial charge in [-0.2, -0.15) is 0 Å². The Hall–Kier alpha value is -4.08. The molecule has 1 atom stereocenters. The molecule has 3 aromatic rings. The molecule has 4 N–H and O–H groups in total. The van der Waals surface area contributed by atoms with E-state index in [4.69, 9.17) is 9.47 Å². The van der Waals surface area contributed by atoms with Crippen molar-refractivity contribution in [2.45, 2.75) is 78.0 Å². The molecular formula is C31H41FN4O5. The number of ether oxygens (including phenoxy) is 2. The quantitative estimate of drug-likeness (QED) is 0.229. The summed E-state index contributed by atoms with van der Waals surface area (Å²) in [5.74, 6) is -0.506. The van der Waals surface area contributed by atoms with Crippen molar-refractivity contribution >= 4 is 29.0 Å². The summed E-state index contributed by atoms with van der Waals surface area (Å²) in [6.07, 6.45) is 1.88. The van der Waals surface area contributed by atoms with Crippen molar-refractivity contribution in [2.75, 3.05) is 13.1 Å². The van der Waals surface area contributed by atoms with E-state index in [1.165, 1.54) is 12.1 Å². The number of nitrogens with one attached hydrogen (secondary N) is 4. The van der Waals surface area contributed by atoms with Gasteiger partial charge < -0.3 is 30.4 Å². The van der Waals surface area contributed by atoms with E-state index < -0.39 is 29.4 Å². The lowest BCUT2D eigenvalue weighted by Gasteiger charge is -2.24. The molecule has 0 radical (unpaired) electrons. The van der Waals surface area contributed by atoms with Crippen molar-refractivity contribution in [3.8, 4) is 11.1 Å². The van der Waals surface area contributed by atoms with Gasteiger partial charge >= 0.3 is 12.2 Å². The van der Waals surface area contributed by atoms with Crippen LogP contribution in [0.1, 0.15) is 59.9 Å². The number of alkyl carbamates (subject to hydrolysis) is 2. The van der Waals surface area contributed by atoms with Crippen molar-refractivity contribution in [1.82, 2.24) is 20.9 Å². The van der Waals surface area contributed by atoms with Gasteiger partial charge in [0, 0.05) is 36.2 Å². The van der Waals surface area contributed by atoms with E-state index in [9.17, 15) is 18.8 Å². The fraction of sp³-hybridized carbons (Fsp3) is 0.452. The molecule has 222 valence electrons. The van der Waals surface area contributed by atoms with Gasteiger partial charge in [-0.25, -0.2) is 14.0 Å². The minimum Gasteiger partial charge on any atom is -0.444 e. The molecule has 1 heterocycles. The summed E-state index contributed by atoms with van der Waals surface area (Å²) in [5.41, 5.74) is 2.24. The molecule has 0 saturated carbocycles. The maximum atomic E-state index is 13.4. The summed E-state index contributed by atoms with van der Waals surface area (Å²) in [6, 6.07) is 11.7. The van der Waals surface area contributed by atoms with E-state index in [2.05, 4.69) is 20.9 Å². The van der Waals surface area contributed by atoms with Crippen LogP contribution in [0.3, 0.4) is 0 Å². The minimum atomic E-state index is -0.668. The van der Waals surface area contributed by atoms with E-state index in [0.717, 1.165) is 27.6 Å². The molecule has 0 aliphatic rings. The van der Waals surface area contributed by atoms with Crippen molar-refractivity contribution < 1.29 is 28.2 Å². The van der Waals surface area contributed by atoms with Gasteiger partial charge in [0.15, 0.2) is 0 Å². The lowest BCUT2D eigenvalue weighted by atomic mass is 10.0. The number of rotatable bonds is 10. The topological polar surface area (TPSA) is 122 Å². The summed E-state index contributed by atoms with van der Waals surface area (Å²) in [4.78, 5) is 40.5. The standard InChI is InChI=1S/C31H41FN4O5/c1-30(2,3)40-28(38)33-15-7-8-24(36-29(39)41-31(4,5)6)19-35-27(37)17-22-18-34-26-14-11-21(16-25(22)26)20-9-12-23(32)13-10-20/h9-14,16,18,24,34H,7-8,15,17,19H2,1-6H3,(H,33,38)(H,35,37)(H,36,39)/t24-/m0/s1. The maximum absolute atomic E-state index is 13.4. The lowest BCUT2D eigenvalue weighted by molar-refractivity contribution is -0.120. The predicted molar refractivity (Wildman–Crippen MR) is 157 cm³/mol. The molecule has 0 fully saturated rings. The molecule has 0 aliphatic heterocycles. The first-order chi connectivity index (χ1) is 19.2. The van der Waals surface area contributed by atoms with Crippen molar-refractivity contribution in [3.63, 3.8) is 0 Å². The number of fused-ring (bicyclic) bond motifs is 1. The Labute approximate surface area is 240 Å². The third-order valence-corrected chi connectivity index (χ3v) is 5.96. The molecule has 0 spiro atoms. The molecule has 0 unspecified atom stereocenters. The first kappa shape index (κ1) is 31.4. The molecule has 10 heteroatoms. The third kappa shape index (κ3) is 10.8. The second-order valence-electron chi connectivity index (χ2n) is 12.0. The van der Waals surface area contributed by atoms with Gasteiger partial charge in [-0.05, 0) is 95.3 Å². The zero-order chi connectivity index (χ0) is 30.2. The summed E-state index contributed by atoms with van der Waals surface area (Å²) in [7, 11) is 0. The summed E-state index contributed by atoms with van der Waals surface area (Å²) >= 11 is 0. The molecule has 0 bridgehead atoms. The van der Waals surface area contributed by atoms with Gasteiger partial charge in [0.05, 0.1) is 6.42 Å². The molecule has 9 nitrogen and oxygen atoms in total. The lowest BCUT2D eigenvalue weighted by Crippen LogP contribution is -2.46. The van der Waals surface area contributed by atoms with E-state index >= 15 is 0 Å². The maximum Gasteiger partial charge on any atom is 0.407 e. The van der Waals surface area contributed by atoms with Gasteiger partial charge in [0.2, 0.25) is 5.91 Å². The van der Waals surface area contributed by atoms with Crippen LogP contribution in [0.4, 0.5) is 14.0 Å². The van der Waals surface area contributed by atoms with Gasteiger partial charge in [0.25, 0.3) is 0 Å². The highest BCUT2D eigenvalue weighted by Gasteiger charge is 2.21. The summed E-state index contributed by atoms with van der Waals surface area (Å²) < 4.78 is 24.0. The van der Waals surface area contributed by atoms with Crippen LogP contribution in [-0.2, 0) is 20.7 Å². The zero-order valence-electron chi connectivity index (χ0n) is 24.7. The summed E-state index contributed by atoms with van der Waals surface area (Å²) in [6.45, 7) is 11.2. The van der Waals surface area contributed by atoms with E-state index in [-0.39, 0.29) is 24.7 Å². The Morgan fingerprint density at radius 3 is 2.17 bits per heavy atom. The predicted octanol–water partition coefficient (Wildman–Crippen LogP) is 5.83. The smallest absolute Gasteiger partial charge is 0.407 e. The molecular weight excluding hydrogens is 527 g/mol. The average molecular weight is 569 g/mol. The molecule has 0 saturated heterocycles. The fourth-order valence-electron chi connectivity index (χ4n) is 4.17. The van der Waals surface area contributed by atoms with Gasteiger partial charge in [-0.15, -0.1) is 0 Å². The van der Waals surface area contributed by atoms with Crippen LogP contribution in [0.25, 0.3) is 22.0 Å². The Kier molecular flexibility index (Phi) is 10.4. The van der Waals surface area contributed by atoms with Crippen LogP contribution in [-0.4, -0.2) is 53.4 Å². The van der Waals surface area contributed by atoms with Crippen molar-refractivity contribution in [1.29, 1.82) is 0 Å². The first-order valence-corrected chi connectivity index (χ1v) is 13.8. The fourth-order valence-corrected chi connectivity index (χ4v) is 4.17. The number of carbonyl (C=O) groups is 3. The Balaban J connectivity index is 1.60. The van der Waals surface area contributed by atoms with Gasteiger partial charge in [-0.1, -0.05) is 18.2 Å².